The smallest absolute Gasteiger partial charge is 0.227 e. The SMILES string of the molecule is COc1cc2c(NC3CCN(C4CC4)CC3)nc(N3CCCN(C)CC3)nc2cc1C#CCCN1CCCC1.COc1cc2c(NC3CCN(C4CC4)CC3)nc(N3CCCN(C)CC3)nc2cc1C#CCCN1CCCC1. The van der Waals surface area contributed by atoms with E-state index in [0.29, 0.717) is 12.1 Å². The Labute approximate surface area is 466 Å². The summed E-state index contributed by atoms with van der Waals surface area (Å²) >= 11 is 0. The fourth-order valence-corrected chi connectivity index (χ4v) is 12.7. The molecule has 8 heterocycles. The molecule has 6 aliphatic heterocycles. The Kier molecular flexibility index (Phi) is 18.5. The van der Waals surface area contributed by atoms with Gasteiger partial charge in [0.15, 0.2) is 0 Å². The van der Waals surface area contributed by atoms with Gasteiger partial charge in [0.1, 0.15) is 23.1 Å². The fraction of sp³-hybridized carbons (Fsp3) is 0.677. The van der Waals surface area contributed by atoms with Crippen LogP contribution in [-0.4, -0.2) is 220 Å². The van der Waals surface area contributed by atoms with Gasteiger partial charge in [0.05, 0.1) is 36.4 Å². The van der Waals surface area contributed by atoms with E-state index in [1.807, 2.05) is 0 Å². The Hall–Kier alpha value is -5.20. The lowest BCUT2D eigenvalue weighted by atomic mass is 10.0. The Balaban J connectivity index is 0.000000165. The largest absolute Gasteiger partial charge is 0.495 e. The molecule has 0 spiro atoms. The van der Waals surface area contributed by atoms with E-state index < -0.39 is 0 Å². The van der Waals surface area contributed by atoms with Gasteiger partial charge in [0, 0.05) is 126 Å². The van der Waals surface area contributed by atoms with E-state index in [-0.39, 0.29) is 0 Å². The minimum atomic E-state index is 0.428. The molecule has 8 fully saturated rings. The number of fused-ring (bicyclic) bond motifs is 2. The number of anilines is 4. The van der Waals surface area contributed by atoms with E-state index in [1.54, 1.807) is 14.2 Å². The summed E-state index contributed by atoms with van der Waals surface area (Å²) < 4.78 is 11.7. The molecule has 0 unspecified atom stereocenters. The number of ether oxygens (including phenoxy) is 2. The van der Waals surface area contributed by atoms with Crippen LogP contribution in [0.2, 0.25) is 0 Å². The van der Waals surface area contributed by atoms with Crippen molar-refractivity contribution < 1.29 is 9.47 Å². The van der Waals surface area contributed by atoms with Crippen molar-refractivity contribution in [1.82, 2.24) is 49.3 Å². The van der Waals surface area contributed by atoms with Crippen molar-refractivity contribution in [2.75, 3.05) is 167 Å². The predicted molar refractivity (Wildman–Crippen MR) is 318 cm³/mol. The third-order valence-electron chi connectivity index (χ3n) is 17.8. The minimum absolute atomic E-state index is 0.428. The number of hydrogen-bond acceptors (Lipinski definition) is 16. The molecule has 2 N–H and O–H groups in total. The molecule has 2 aromatic heterocycles. The van der Waals surface area contributed by atoms with Crippen LogP contribution in [-0.2, 0) is 0 Å². The summed E-state index contributed by atoms with van der Waals surface area (Å²) in [5.41, 5.74) is 3.71. The topological polar surface area (TPSA) is 120 Å². The maximum Gasteiger partial charge on any atom is 0.227 e. The third kappa shape index (κ3) is 14.4. The molecule has 2 aromatic carbocycles. The number of likely N-dealkylation sites (tertiary alicyclic amines) is 4. The van der Waals surface area contributed by atoms with Crippen molar-refractivity contribution in [2.45, 2.75) is 127 Å². The summed E-state index contributed by atoms with van der Waals surface area (Å²) in [6.07, 6.45) is 19.4. The molecule has 8 aliphatic rings. The van der Waals surface area contributed by atoms with Crippen LogP contribution in [0.15, 0.2) is 24.3 Å². The molecule has 0 radical (unpaired) electrons. The molecule has 6 saturated heterocycles. The molecule has 78 heavy (non-hydrogen) atoms. The lowest BCUT2D eigenvalue weighted by Crippen LogP contribution is -2.40. The number of nitrogens with zero attached hydrogens (tertiary/aromatic N) is 12. The van der Waals surface area contributed by atoms with E-state index in [9.17, 15) is 0 Å². The minimum Gasteiger partial charge on any atom is -0.495 e. The summed E-state index contributed by atoms with van der Waals surface area (Å²) in [5.74, 6) is 18.8. The normalized spacial score (nSPS) is 22.1. The lowest BCUT2D eigenvalue weighted by Gasteiger charge is -2.33. The van der Waals surface area contributed by atoms with Crippen LogP contribution < -0.4 is 29.9 Å². The predicted octanol–water partition coefficient (Wildman–Crippen LogP) is 7.31. The van der Waals surface area contributed by atoms with Gasteiger partial charge in [-0.3, -0.25) is 0 Å². The van der Waals surface area contributed by atoms with Crippen LogP contribution in [0.1, 0.15) is 114 Å². The molecule has 0 atom stereocenters. The first kappa shape index (κ1) is 54.7. The van der Waals surface area contributed by atoms with Crippen molar-refractivity contribution in [3.63, 3.8) is 0 Å². The number of hydrogen-bond donors (Lipinski definition) is 2. The zero-order valence-electron chi connectivity index (χ0n) is 47.8. The van der Waals surface area contributed by atoms with Gasteiger partial charge in [-0.2, -0.15) is 9.97 Å². The second-order valence-electron chi connectivity index (χ2n) is 23.7. The average molecular weight is 1060 g/mol. The fourth-order valence-electron chi connectivity index (χ4n) is 12.7. The summed E-state index contributed by atoms with van der Waals surface area (Å²) in [5, 5.41) is 9.75. The molecular formula is C62H90N14O2. The van der Waals surface area contributed by atoms with Crippen LogP contribution in [0.25, 0.3) is 21.8 Å². The van der Waals surface area contributed by atoms with Crippen LogP contribution in [0.5, 0.6) is 11.5 Å². The zero-order valence-corrected chi connectivity index (χ0v) is 47.8. The number of aromatic nitrogens is 4. The Bertz CT molecular complexity index is 2560. The van der Waals surface area contributed by atoms with E-state index in [1.165, 1.54) is 104 Å². The summed E-state index contributed by atoms with van der Waals surface area (Å²) in [6.45, 7) is 19.8. The average Bonchev–Trinajstić information content (AvgIpc) is 4.41. The molecule has 2 aliphatic carbocycles. The number of nitrogens with one attached hydrogen (secondary N) is 2. The molecule has 2 saturated carbocycles. The van der Waals surface area contributed by atoms with Crippen molar-refractivity contribution in [2.24, 2.45) is 0 Å². The highest BCUT2D eigenvalue weighted by Crippen LogP contribution is 2.36. The second-order valence-corrected chi connectivity index (χ2v) is 23.7. The first-order valence-electron chi connectivity index (χ1n) is 30.4. The zero-order chi connectivity index (χ0) is 53.2. The Morgan fingerprint density at radius 3 is 1.26 bits per heavy atom. The van der Waals surface area contributed by atoms with Gasteiger partial charge in [-0.25, -0.2) is 9.97 Å². The van der Waals surface area contributed by atoms with Crippen molar-refractivity contribution in [1.29, 1.82) is 0 Å². The van der Waals surface area contributed by atoms with E-state index in [4.69, 9.17) is 29.4 Å². The van der Waals surface area contributed by atoms with Gasteiger partial charge in [0.2, 0.25) is 11.9 Å². The molecule has 16 heteroatoms. The van der Waals surface area contributed by atoms with Gasteiger partial charge >= 0.3 is 0 Å². The number of benzene rings is 2. The van der Waals surface area contributed by atoms with Gasteiger partial charge in [-0.1, -0.05) is 23.7 Å². The molecule has 16 nitrogen and oxygen atoms in total. The summed E-state index contributed by atoms with van der Waals surface area (Å²) in [6, 6.07) is 11.0. The highest BCUT2D eigenvalue weighted by molar-refractivity contribution is 5.94. The maximum atomic E-state index is 5.83. The van der Waals surface area contributed by atoms with E-state index in [2.05, 4.69) is 112 Å². The van der Waals surface area contributed by atoms with E-state index in [0.717, 1.165) is 197 Å². The van der Waals surface area contributed by atoms with Crippen molar-refractivity contribution >= 4 is 45.3 Å². The van der Waals surface area contributed by atoms with Crippen LogP contribution >= 0.6 is 0 Å². The molecule has 12 rings (SSSR count). The lowest BCUT2D eigenvalue weighted by molar-refractivity contribution is 0.210. The molecule has 4 aromatic rings. The van der Waals surface area contributed by atoms with Gasteiger partial charge < -0.3 is 59.3 Å². The standard InChI is InChI=1S/2C31H45N7O/c2*1-35-13-7-17-38(21-20-35)31-33-28-22-24(8-3-4-14-36-15-5-6-16-36)29(39-2)23-27(28)30(34-31)32-25-11-18-37(19-12-25)26-9-10-26/h2*22-23,25-26H,4-7,9-21H2,1-2H3,(H,32,33,34). The number of rotatable bonds is 14. The highest BCUT2D eigenvalue weighted by Gasteiger charge is 2.34. The van der Waals surface area contributed by atoms with Crippen LogP contribution in [0.3, 0.4) is 0 Å². The Morgan fingerprint density at radius 1 is 0.462 bits per heavy atom. The quantitative estimate of drug-likeness (QED) is 0.123. The first-order chi connectivity index (χ1) is 38.3. The van der Waals surface area contributed by atoms with Crippen molar-refractivity contribution in [3.05, 3.63) is 35.4 Å². The van der Waals surface area contributed by atoms with Crippen LogP contribution in [0.4, 0.5) is 23.5 Å². The molecular weight excluding hydrogens is 973 g/mol. The van der Waals surface area contributed by atoms with Crippen LogP contribution in [0, 0.1) is 23.7 Å². The van der Waals surface area contributed by atoms with Gasteiger partial charge in [-0.05, 0) is 168 Å². The van der Waals surface area contributed by atoms with Gasteiger partial charge in [-0.15, -0.1) is 0 Å². The molecule has 420 valence electrons. The first-order valence-corrected chi connectivity index (χ1v) is 30.4. The third-order valence-corrected chi connectivity index (χ3v) is 17.8. The summed E-state index contributed by atoms with van der Waals surface area (Å²) in [4.78, 5) is 40.4. The monoisotopic (exact) mass is 1060 g/mol. The van der Waals surface area contributed by atoms with Gasteiger partial charge in [0.25, 0.3) is 0 Å². The number of methoxy groups -OCH3 is 2. The number of piperidine rings is 2. The summed E-state index contributed by atoms with van der Waals surface area (Å²) in [7, 11) is 7.87. The van der Waals surface area contributed by atoms with Crippen molar-refractivity contribution in [3.8, 4) is 35.2 Å². The number of likely N-dealkylation sites (N-methyl/N-ethyl adjacent to an activating group) is 2. The maximum absolute atomic E-state index is 5.83. The Morgan fingerprint density at radius 2 is 0.872 bits per heavy atom. The second kappa shape index (κ2) is 26.4. The highest BCUT2D eigenvalue weighted by atomic mass is 16.5. The molecule has 0 amide bonds. The van der Waals surface area contributed by atoms with E-state index >= 15 is 0 Å². The molecule has 0 bridgehead atoms.